The molecule has 2 heteroatoms. The number of epoxide rings is 1. The molecule has 1 heterocycles. The average molecular weight is 258 g/mol. The van der Waals surface area contributed by atoms with Gasteiger partial charge in [0, 0.05) is 6.42 Å². The van der Waals surface area contributed by atoms with Crippen LogP contribution in [0, 0.1) is 23.7 Å². The highest BCUT2D eigenvalue weighted by Gasteiger charge is 2.36. The van der Waals surface area contributed by atoms with Crippen LogP contribution in [-0.4, -0.2) is 23.4 Å². The van der Waals surface area contributed by atoms with Gasteiger partial charge in [-0.1, -0.05) is 43.4 Å². The second kappa shape index (κ2) is 9.45. The lowest BCUT2D eigenvalue weighted by Gasteiger charge is -1.95. The number of hydrogen-bond donors (Lipinski definition) is 1. The fourth-order valence-electron chi connectivity index (χ4n) is 1.79. The van der Waals surface area contributed by atoms with Crippen LogP contribution in [0.1, 0.15) is 38.5 Å². The lowest BCUT2D eigenvalue weighted by Crippen LogP contribution is -1.94. The van der Waals surface area contributed by atoms with E-state index in [1.54, 1.807) is 0 Å². The first kappa shape index (κ1) is 15.6. The van der Waals surface area contributed by atoms with Gasteiger partial charge in [0.1, 0.15) is 6.10 Å². The third kappa shape index (κ3) is 7.52. The van der Waals surface area contributed by atoms with Gasteiger partial charge in [-0.2, -0.15) is 0 Å². The lowest BCUT2D eigenvalue weighted by atomic mass is 10.1. The minimum atomic E-state index is -0.783. The van der Waals surface area contributed by atoms with Crippen molar-refractivity contribution in [1.29, 1.82) is 0 Å². The summed E-state index contributed by atoms with van der Waals surface area (Å²) in [6.07, 6.45) is 9.90. The molecule has 0 saturated carbocycles. The van der Waals surface area contributed by atoms with Gasteiger partial charge in [-0.3, -0.25) is 0 Å². The van der Waals surface area contributed by atoms with Gasteiger partial charge in [0.2, 0.25) is 0 Å². The van der Waals surface area contributed by atoms with E-state index in [4.69, 9.17) is 9.84 Å². The minimum Gasteiger partial charge on any atom is -0.377 e. The summed E-state index contributed by atoms with van der Waals surface area (Å²) >= 11 is 0. The molecule has 1 saturated heterocycles. The molecular formula is C17H22O2. The molecule has 0 aromatic rings. The van der Waals surface area contributed by atoms with Crippen molar-refractivity contribution >= 4 is 0 Å². The predicted molar refractivity (Wildman–Crippen MR) is 78.3 cm³/mol. The number of unbranched alkanes of at least 4 members (excludes halogenated alkanes) is 3. The maximum absolute atomic E-state index is 9.09. The Kier molecular flexibility index (Phi) is 7.75. The van der Waals surface area contributed by atoms with Gasteiger partial charge in [0.15, 0.2) is 0 Å². The van der Waals surface area contributed by atoms with E-state index in [1.165, 1.54) is 25.3 Å². The van der Waals surface area contributed by atoms with Crippen molar-refractivity contribution in [2.24, 2.45) is 0 Å². The SMILES string of the molecule is C=CCCCCC[C@H]1O[C@@H]1CC#CC#C[C@@H](O)C=C. The largest absolute Gasteiger partial charge is 0.377 e. The third-order valence-electron chi connectivity index (χ3n) is 2.98. The summed E-state index contributed by atoms with van der Waals surface area (Å²) in [7, 11) is 0. The highest BCUT2D eigenvalue weighted by molar-refractivity contribution is 5.29. The highest BCUT2D eigenvalue weighted by atomic mass is 16.6. The molecule has 0 unspecified atom stereocenters. The van der Waals surface area contributed by atoms with Gasteiger partial charge in [0.25, 0.3) is 0 Å². The first-order valence-corrected chi connectivity index (χ1v) is 6.83. The molecule has 0 spiro atoms. The molecule has 0 amide bonds. The van der Waals surface area contributed by atoms with Gasteiger partial charge in [-0.25, -0.2) is 0 Å². The molecule has 1 rings (SSSR count). The third-order valence-corrected chi connectivity index (χ3v) is 2.98. The Labute approximate surface area is 116 Å². The Morgan fingerprint density at radius 3 is 2.74 bits per heavy atom. The zero-order valence-electron chi connectivity index (χ0n) is 11.4. The molecule has 1 N–H and O–H groups in total. The first-order chi connectivity index (χ1) is 9.27. The topological polar surface area (TPSA) is 32.8 Å². The Balaban J connectivity index is 2.04. The smallest absolute Gasteiger partial charge is 0.134 e. The summed E-state index contributed by atoms with van der Waals surface area (Å²) in [5.74, 6) is 10.8. The summed E-state index contributed by atoms with van der Waals surface area (Å²) in [5.41, 5.74) is 0. The van der Waals surface area contributed by atoms with Crippen LogP contribution in [0.3, 0.4) is 0 Å². The van der Waals surface area contributed by atoms with Crippen LogP contribution in [-0.2, 0) is 4.74 Å². The van der Waals surface area contributed by atoms with Crippen LogP contribution in [0.4, 0.5) is 0 Å². The summed E-state index contributed by atoms with van der Waals surface area (Å²) in [6.45, 7) is 7.14. The summed E-state index contributed by atoms with van der Waals surface area (Å²) < 4.78 is 5.54. The number of hydrogen-bond acceptors (Lipinski definition) is 2. The van der Waals surface area contributed by atoms with Crippen molar-refractivity contribution < 1.29 is 9.84 Å². The molecule has 0 aromatic carbocycles. The number of ether oxygens (including phenoxy) is 1. The van der Waals surface area contributed by atoms with Crippen molar-refractivity contribution in [1.82, 2.24) is 0 Å². The molecular weight excluding hydrogens is 236 g/mol. The molecule has 0 bridgehead atoms. The van der Waals surface area contributed by atoms with Gasteiger partial charge in [-0.15, -0.1) is 6.58 Å². The predicted octanol–water partition coefficient (Wildman–Crippen LogP) is 2.83. The summed E-state index contributed by atoms with van der Waals surface area (Å²) in [4.78, 5) is 0. The van der Waals surface area contributed by atoms with E-state index >= 15 is 0 Å². The molecule has 1 aliphatic rings. The Hall–Kier alpha value is -1.48. The summed E-state index contributed by atoms with van der Waals surface area (Å²) in [6, 6.07) is 0. The Bertz CT molecular complexity index is 402. The maximum Gasteiger partial charge on any atom is 0.134 e. The number of rotatable bonds is 8. The molecule has 0 radical (unpaired) electrons. The van der Waals surface area contributed by atoms with Crippen molar-refractivity contribution in [3.05, 3.63) is 25.3 Å². The zero-order valence-corrected chi connectivity index (χ0v) is 11.4. The van der Waals surface area contributed by atoms with E-state index in [2.05, 4.69) is 36.8 Å². The second-order valence-electron chi connectivity index (χ2n) is 4.60. The maximum atomic E-state index is 9.09. The molecule has 102 valence electrons. The second-order valence-corrected chi connectivity index (χ2v) is 4.60. The Morgan fingerprint density at radius 2 is 2.00 bits per heavy atom. The van der Waals surface area contributed by atoms with Crippen LogP contribution in [0.25, 0.3) is 0 Å². The van der Waals surface area contributed by atoms with Crippen molar-refractivity contribution in [3.8, 4) is 23.7 Å². The van der Waals surface area contributed by atoms with Crippen LogP contribution in [0.15, 0.2) is 25.3 Å². The lowest BCUT2D eigenvalue weighted by molar-refractivity contribution is 0.281. The van der Waals surface area contributed by atoms with Gasteiger partial charge in [-0.05, 0) is 31.1 Å². The summed E-state index contributed by atoms with van der Waals surface area (Å²) in [5, 5.41) is 9.09. The molecule has 1 fully saturated rings. The van der Waals surface area contributed by atoms with Gasteiger partial charge < -0.3 is 9.84 Å². The molecule has 1 aliphatic heterocycles. The van der Waals surface area contributed by atoms with Crippen LogP contribution < -0.4 is 0 Å². The number of allylic oxidation sites excluding steroid dienone is 1. The quantitative estimate of drug-likeness (QED) is 0.314. The fourth-order valence-corrected chi connectivity index (χ4v) is 1.79. The fraction of sp³-hybridized carbons (Fsp3) is 0.529. The van der Waals surface area contributed by atoms with E-state index < -0.39 is 6.10 Å². The molecule has 3 atom stereocenters. The molecule has 0 aliphatic carbocycles. The molecule has 0 aromatic heterocycles. The normalized spacial score (nSPS) is 21.3. The van der Waals surface area contributed by atoms with E-state index in [-0.39, 0.29) is 6.10 Å². The Morgan fingerprint density at radius 1 is 1.16 bits per heavy atom. The molecule has 19 heavy (non-hydrogen) atoms. The number of aliphatic hydroxyl groups excluding tert-OH is 1. The van der Waals surface area contributed by atoms with E-state index in [1.807, 2.05) is 6.08 Å². The van der Waals surface area contributed by atoms with Gasteiger partial charge >= 0.3 is 0 Å². The van der Waals surface area contributed by atoms with E-state index in [9.17, 15) is 0 Å². The van der Waals surface area contributed by atoms with Crippen LogP contribution in [0.2, 0.25) is 0 Å². The van der Waals surface area contributed by atoms with E-state index in [0.717, 1.165) is 19.3 Å². The number of aliphatic hydroxyl groups is 1. The average Bonchev–Trinajstić information content (AvgIpc) is 3.16. The standard InChI is InChI=1S/C17H22O2/c1-3-5-6-7-10-13-16-17(19-16)14-11-8-9-12-15(18)4-2/h3-4,15-18H,1-2,5-7,10,13-14H2/t15-,16+,17+/m0/s1. The molecule has 2 nitrogen and oxygen atoms in total. The van der Waals surface area contributed by atoms with Crippen molar-refractivity contribution in [2.75, 3.05) is 0 Å². The van der Waals surface area contributed by atoms with Crippen molar-refractivity contribution in [3.63, 3.8) is 0 Å². The van der Waals surface area contributed by atoms with Gasteiger partial charge in [0.05, 0.1) is 12.2 Å². The van der Waals surface area contributed by atoms with Crippen LogP contribution >= 0.6 is 0 Å². The zero-order chi connectivity index (χ0) is 13.9. The highest BCUT2D eigenvalue weighted by Crippen LogP contribution is 2.29. The van der Waals surface area contributed by atoms with Crippen molar-refractivity contribution in [2.45, 2.75) is 56.8 Å². The monoisotopic (exact) mass is 258 g/mol. The van der Waals surface area contributed by atoms with E-state index in [0.29, 0.717) is 6.10 Å². The minimum absolute atomic E-state index is 0.290. The first-order valence-electron chi connectivity index (χ1n) is 6.83. The van der Waals surface area contributed by atoms with Crippen LogP contribution in [0.5, 0.6) is 0 Å².